The molecule has 4 nitrogen and oxygen atoms in total. The lowest BCUT2D eigenvalue weighted by molar-refractivity contribution is 0.205. The van der Waals surface area contributed by atoms with Crippen LogP contribution in [0.25, 0.3) is 22.2 Å². The van der Waals surface area contributed by atoms with Crippen molar-refractivity contribution in [2.75, 3.05) is 6.61 Å². The summed E-state index contributed by atoms with van der Waals surface area (Å²) < 4.78 is 5.98. The van der Waals surface area contributed by atoms with Crippen LogP contribution < -0.4 is 10.5 Å². The van der Waals surface area contributed by atoms with Crippen LogP contribution >= 0.6 is 0 Å². The van der Waals surface area contributed by atoms with Crippen molar-refractivity contribution in [1.29, 1.82) is 0 Å². The van der Waals surface area contributed by atoms with Gasteiger partial charge in [-0.25, -0.2) is 0 Å². The summed E-state index contributed by atoms with van der Waals surface area (Å²) in [6.07, 6.45) is 4.52. The van der Waals surface area contributed by atoms with Gasteiger partial charge in [0.1, 0.15) is 12.4 Å². The highest BCUT2D eigenvalue weighted by Gasteiger charge is 2.21. The van der Waals surface area contributed by atoms with Crippen molar-refractivity contribution in [2.45, 2.75) is 39.7 Å². The summed E-state index contributed by atoms with van der Waals surface area (Å²) in [5.74, 6) is 1.32. The van der Waals surface area contributed by atoms with E-state index >= 15 is 0 Å². The number of rotatable bonds is 6. The lowest BCUT2D eigenvalue weighted by Crippen LogP contribution is -2.43. The summed E-state index contributed by atoms with van der Waals surface area (Å²) in [6.45, 7) is 8.90. The number of pyridine rings is 2. The molecule has 26 heavy (non-hydrogen) atoms. The van der Waals surface area contributed by atoms with Gasteiger partial charge in [-0.05, 0) is 49.9 Å². The van der Waals surface area contributed by atoms with Gasteiger partial charge in [-0.1, -0.05) is 32.0 Å². The zero-order valence-electron chi connectivity index (χ0n) is 16.0. The Morgan fingerprint density at radius 1 is 1.15 bits per heavy atom. The predicted octanol–water partition coefficient (Wildman–Crippen LogP) is 4.75. The molecule has 3 rings (SSSR count). The van der Waals surface area contributed by atoms with Gasteiger partial charge < -0.3 is 10.5 Å². The van der Waals surface area contributed by atoms with Crippen molar-refractivity contribution < 1.29 is 4.74 Å². The molecule has 2 N–H and O–H groups in total. The molecule has 0 fully saturated rings. The summed E-state index contributed by atoms with van der Waals surface area (Å²) >= 11 is 0. The molecule has 0 aliphatic heterocycles. The lowest BCUT2D eigenvalue weighted by Gasteiger charge is -2.27. The normalized spacial score (nSPS) is 13.8. The molecule has 0 radical (unpaired) electrons. The molecule has 0 saturated carbocycles. The zero-order chi connectivity index (χ0) is 18.7. The van der Waals surface area contributed by atoms with Crippen LogP contribution in [0.4, 0.5) is 0 Å². The van der Waals surface area contributed by atoms with Gasteiger partial charge in [-0.15, -0.1) is 0 Å². The van der Waals surface area contributed by atoms with Crippen LogP contribution in [0.3, 0.4) is 0 Å². The second-order valence-corrected chi connectivity index (χ2v) is 7.75. The number of ether oxygens (including phenoxy) is 1. The van der Waals surface area contributed by atoms with Gasteiger partial charge in [0, 0.05) is 22.7 Å². The number of aryl methyl sites for hydroxylation is 1. The van der Waals surface area contributed by atoms with Crippen molar-refractivity contribution in [3.05, 3.63) is 54.4 Å². The van der Waals surface area contributed by atoms with E-state index < -0.39 is 0 Å². The summed E-state index contributed by atoms with van der Waals surface area (Å²) in [5.41, 5.74) is 10.0. The number of nitrogens with zero attached hydrogens (tertiary/aromatic N) is 2. The fourth-order valence-corrected chi connectivity index (χ4v) is 3.40. The van der Waals surface area contributed by atoms with Crippen molar-refractivity contribution in [1.82, 2.24) is 9.97 Å². The number of nitrogens with two attached hydrogens (primary N) is 1. The van der Waals surface area contributed by atoms with Gasteiger partial charge in [0.2, 0.25) is 0 Å². The highest BCUT2D eigenvalue weighted by Crippen LogP contribution is 2.29. The van der Waals surface area contributed by atoms with Crippen LogP contribution in [0.5, 0.6) is 5.75 Å². The molecule has 2 heterocycles. The first-order valence-corrected chi connectivity index (χ1v) is 9.08. The number of aromatic nitrogens is 2. The van der Waals surface area contributed by atoms with Gasteiger partial charge >= 0.3 is 0 Å². The molecule has 0 unspecified atom stereocenters. The van der Waals surface area contributed by atoms with E-state index in [2.05, 4.69) is 42.0 Å². The van der Waals surface area contributed by atoms with E-state index in [9.17, 15) is 0 Å². The SMILES string of the molecule is Cc1cc(-c2cccc3ncccc23)ncc1OC[C@@](C)(N)CC(C)C. The van der Waals surface area contributed by atoms with E-state index in [0.29, 0.717) is 12.5 Å². The minimum Gasteiger partial charge on any atom is -0.490 e. The quantitative estimate of drug-likeness (QED) is 0.698. The Hall–Kier alpha value is -2.46. The average Bonchev–Trinajstić information content (AvgIpc) is 2.59. The first-order valence-electron chi connectivity index (χ1n) is 9.08. The van der Waals surface area contributed by atoms with E-state index in [-0.39, 0.29) is 5.54 Å². The van der Waals surface area contributed by atoms with E-state index in [0.717, 1.165) is 39.9 Å². The predicted molar refractivity (Wildman–Crippen MR) is 107 cm³/mol. The molecule has 136 valence electrons. The largest absolute Gasteiger partial charge is 0.490 e. The maximum atomic E-state index is 6.35. The summed E-state index contributed by atoms with van der Waals surface area (Å²) in [7, 11) is 0. The van der Waals surface area contributed by atoms with Crippen LogP contribution in [0.15, 0.2) is 48.8 Å². The zero-order valence-corrected chi connectivity index (χ0v) is 16.0. The highest BCUT2D eigenvalue weighted by atomic mass is 16.5. The van der Waals surface area contributed by atoms with Gasteiger partial charge in [-0.2, -0.15) is 0 Å². The Morgan fingerprint density at radius 3 is 2.69 bits per heavy atom. The third kappa shape index (κ3) is 4.20. The van der Waals surface area contributed by atoms with Crippen molar-refractivity contribution >= 4 is 10.9 Å². The van der Waals surface area contributed by atoms with Crippen LogP contribution in [0.1, 0.15) is 32.8 Å². The van der Waals surface area contributed by atoms with E-state index in [4.69, 9.17) is 10.5 Å². The molecule has 1 atom stereocenters. The number of fused-ring (bicyclic) bond motifs is 1. The third-order valence-corrected chi connectivity index (χ3v) is 4.42. The van der Waals surface area contributed by atoms with Crippen molar-refractivity contribution in [3.8, 4) is 17.0 Å². The Labute approximate surface area is 155 Å². The van der Waals surface area contributed by atoms with Gasteiger partial charge in [0.15, 0.2) is 0 Å². The van der Waals surface area contributed by atoms with Crippen LogP contribution in [-0.4, -0.2) is 22.1 Å². The Morgan fingerprint density at radius 2 is 1.96 bits per heavy atom. The second-order valence-electron chi connectivity index (χ2n) is 7.75. The Kier molecular flexibility index (Phi) is 5.23. The number of hydrogen-bond donors (Lipinski definition) is 1. The standard InChI is InChI=1S/C22H27N3O/c1-15(2)12-22(4,23)14-26-21-13-25-20(11-16(21)3)18-7-5-9-19-17(18)8-6-10-24-19/h5-11,13,15H,12,14,23H2,1-4H3/t22-/m0/s1. The fourth-order valence-electron chi connectivity index (χ4n) is 3.40. The van der Waals surface area contributed by atoms with Crippen molar-refractivity contribution in [3.63, 3.8) is 0 Å². The fraction of sp³-hybridized carbons (Fsp3) is 0.364. The molecule has 4 heteroatoms. The molecule has 3 aromatic rings. The first kappa shape index (κ1) is 18.3. The molecule has 0 spiro atoms. The maximum Gasteiger partial charge on any atom is 0.140 e. The molecule has 0 bridgehead atoms. The Bertz CT molecular complexity index is 898. The lowest BCUT2D eigenvalue weighted by atomic mass is 9.93. The molecule has 1 aromatic carbocycles. The third-order valence-electron chi connectivity index (χ3n) is 4.42. The molecule has 0 saturated heterocycles. The molecular formula is C22H27N3O. The smallest absolute Gasteiger partial charge is 0.140 e. The van der Waals surface area contributed by atoms with Crippen molar-refractivity contribution in [2.24, 2.45) is 11.7 Å². The van der Waals surface area contributed by atoms with E-state index in [1.165, 1.54) is 0 Å². The van der Waals surface area contributed by atoms with E-state index in [1.54, 1.807) is 6.20 Å². The second kappa shape index (κ2) is 7.42. The average molecular weight is 349 g/mol. The number of hydrogen-bond acceptors (Lipinski definition) is 4. The van der Waals surface area contributed by atoms with E-state index in [1.807, 2.05) is 38.2 Å². The molecule has 0 aliphatic carbocycles. The first-order chi connectivity index (χ1) is 12.4. The van der Waals surface area contributed by atoms with Gasteiger partial charge in [0.25, 0.3) is 0 Å². The monoisotopic (exact) mass is 349 g/mol. The molecule has 2 aromatic heterocycles. The minimum absolute atomic E-state index is 0.347. The highest BCUT2D eigenvalue weighted by molar-refractivity contribution is 5.93. The molecular weight excluding hydrogens is 322 g/mol. The summed E-state index contributed by atoms with van der Waals surface area (Å²) in [6, 6.07) is 12.2. The number of benzene rings is 1. The molecule has 0 amide bonds. The summed E-state index contributed by atoms with van der Waals surface area (Å²) in [5, 5.41) is 1.10. The van der Waals surface area contributed by atoms with Crippen LogP contribution in [-0.2, 0) is 0 Å². The maximum absolute atomic E-state index is 6.35. The topological polar surface area (TPSA) is 61.0 Å². The van der Waals surface area contributed by atoms with Gasteiger partial charge in [-0.3, -0.25) is 9.97 Å². The molecule has 0 aliphatic rings. The summed E-state index contributed by atoms with van der Waals surface area (Å²) in [4.78, 5) is 9.05. The Balaban J connectivity index is 1.84. The van der Waals surface area contributed by atoms with Crippen LogP contribution in [0, 0.1) is 12.8 Å². The van der Waals surface area contributed by atoms with Crippen LogP contribution in [0.2, 0.25) is 0 Å². The minimum atomic E-state index is -0.347. The van der Waals surface area contributed by atoms with Gasteiger partial charge in [0.05, 0.1) is 17.4 Å².